The van der Waals surface area contributed by atoms with Crippen LogP contribution in [0.2, 0.25) is 0 Å². The first-order valence-corrected chi connectivity index (χ1v) is 9.00. The highest BCUT2D eigenvalue weighted by Crippen LogP contribution is 2.27. The number of ether oxygens (including phenoxy) is 2. The molecule has 24 heavy (non-hydrogen) atoms. The zero-order valence-corrected chi connectivity index (χ0v) is 14.8. The molecule has 3 rings (SSSR count). The topological polar surface area (TPSA) is 46.1 Å². The Hall–Kier alpha value is -1.75. The summed E-state index contributed by atoms with van der Waals surface area (Å²) in [7, 11) is 3.92. The number of hydrogen-bond donors (Lipinski definition) is 1. The van der Waals surface area contributed by atoms with Gasteiger partial charge in [0, 0.05) is 45.3 Å². The molecule has 1 aliphatic carbocycles. The smallest absolute Gasteiger partial charge is 0.193 e. The van der Waals surface area contributed by atoms with E-state index in [4.69, 9.17) is 9.47 Å². The van der Waals surface area contributed by atoms with Gasteiger partial charge in [-0.05, 0) is 31.7 Å². The summed E-state index contributed by atoms with van der Waals surface area (Å²) >= 11 is 0. The largest absolute Gasteiger partial charge is 0.490 e. The third-order valence-corrected chi connectivity index (χ3v) is 4.88. The Labute approximate surface area is 145 Å². The molecule has 1 saturated carbocycles. The Kier molecular flexibility index (Phi) is 5.96. The van der Waals surface area contributed by atoms with Crippen LogP contribution in [0.1, 0.15) is 31.2 Å². The fourth-order valence-electron chi connectivity index (χ4n) is 3.19. The molecular formula is C19H29N3O2. The van der Waals surface area contributed by atoms with Crippen molar-refractivity contribution in [2.45, 2.75) is 38.3 Å². The lowest BCUT2D eigenvalue weighted by atomic mass is 9.96. The van der Waals surface area contributed by atoms with Gasteiger partial charge in [-0.15, -0.1) is 0 Å². The Bertz CT molecular complexity index is 551. The van der Waals surface area contributed by atoms with Crippen molar-refractivity contribution in [3.8, 4) is 5.75 Å². The highest BCUT2D eigenvalue weighted by Gasteiger charge is 2.21. The van der Waals surface area contributed by atoms with E-state index in [1.807, 2.05) is 13.1 Å². The second-order valence-corrected chi connectivity index (χ2v) is 6.79. The molecule has 0 aromatic heterocycles. The van der Waals surface area contributed by atoms with Crippen LogP contribution in [-0.4, -0.2) is 50.8 Å². The van der Waals surface area contributed by atoms with Crippen molar-refractivity contribution >= 4 is 5.96 Å². The van der Waals surface area contributed by atoms with E-state index in [-0.39, 0.29) is 0 Å². The van der Waals surface area contributed by atoms with Gasteiger partial charge in [-0.3, -0.25) is 4.99 Å². The number of guanidine groups is 1. The van der Waals surface area contributed by atoms with Gasteiger partial charge >= 0.3 is 0 Å². The molecular weight excluding hydrogens is 302 g/mol. The average molecular weight is 331 g/mol. The molecule has 132 valence electrons. The van der Waals surface area contributed by atoms with Crippen LogP contribution in [-0.2, 0) is 11.3 Å². The number of benzene rings is 1. The molecule has 1 unspecified atom stereocenters. The van der Waals surface area contributed by atoms with E-state index >= 15 is 0 Å². The van der Waals surface area contributed by atoms with E-state index in [1.165, 1.54) is 24.8 Å². The highest BCUT2D eigenvalue weighted by atomic mass is 16.5. The van der Waals surface area contributed by atoms with Crippen LogP contribution in [0.15, 0.2) is 29.3 Å². The van der Waals surface area contributed by atoms with Gasteiger partial charge in [-0.1, -0.05) is 18.2 Å². The Morgan fingerprint density at radius 3 is 2.83 bits per heavy atom. The van der Waals surface area contributed by atoms with Crippen molar-refractivity contribution in [2.75, 3.05) is 33.9 Å². The summed E-state index contributed by atoms with van der Waals surface area (Å²) in [6.45, 7) is 3.44. The molecule has 1 heterocycles. The van der Waals surface area contributed by atoms with Gasteiger partial charge in [0.1, 0.15) is 5.75 Å². The van der Waals surface area contributed by atoms with Crippen molar-refractivity contribution < 1.29 is 9.47 Å². The van der Waals surface area contributed by atoms with Crippen LogP contribution in [0.3, 0.4) is 0 Å². The summed E-state index contributed by atoms with van der Waals surface area (Å²) in [5.41, 5.74) is 1.18. The lowest BCUT2D eigenvalue weighted by Crippen LogP contribution is -2.41. The van der Waals surface area contributed by atoms with E-state index in [1.54, 1.807) is 0 Å². The molecule has 2 fully saturated rings. The lowest BCUT2D eigenvalue weighted by Gasteiger charge is -2.28. The van der Waals surface area contributed by atoms with Crippen LogP contribution in [0.5, 0.6) is 5.75 Å². The predicted molar refractivity (Wildman–Crippen MR) is 96.5 cm³/mol. The minimum atomic E-state index is 0.399. The maximum Gasteiger partial charge on any atom is 0.193 e. The lowest BCUT2D eigenvalue weighted by molar-refractivity contribution is 0.119. The molecule has 1 saturated heterocycles. The molecule has 5 nitrogen and oxygen atoms in total. The van der Waals surface area contributed by atoms with Gasteiger partial charge < -0.3 is 19.7 Å². The molecule has 1 N–H and O–H groups in total. The Morgan fingerprint density at radius 1 is 1.33 bits per heavy atom. The van der Waals surface area contributed by atoms with Crippen LogP contribution in [0.25, 0.3) is 0 Å². The summed E-state index contributed by atoms with van der Waals surface area (Å²) in [6.07, 6.45) is 5.17. The van der Waals surface area contributed by atoms with Crippen molar-refractivity contribution in [1.29, 1.82) is 0 Å². The molecule has 1 aromatic carbocycles. The van der Waals surface area contributed by atoms with E-state index in [0.717, 1.165) is 44.4 Å². The molecule has 1 aromatic rings. The Morgan fingerprint density at radius 2 is 2.17 bits per heavy atom. The predicted octanol–water partition coefficient (Wildman–Crippen LogP) is 2.66. The molecule has 2 aliphatic rings. The van der Waals surface area contributed by atoms with Crippen LogP contribution in [0.4, 0.5) is 0 Å². The van der Waals surface area contributed by atoms with Crippen molar-refractivity contribution in [2.24, 2.45) is 10.9 Å². The summed E-state index contributed by atoms with van der Waals surface area (Å²) in [5.74, 6) is 2.51. The average Bonchev–Trinajstić information content (AvgIpc) is 3.05. The molecule has 0 radical (unpaired) electrons. The minimum absolute atomic E-state index is 0.399. The third-order valence-electron chi connectivity index (χ3n) is 4.88. The molecule has 0 bridgehead atoms. The Balaban J connectivity index is 1.54. The summed E-state index contributed by atoms with van der Waals surface area (Å²) in [4.78, 5) is 6.60. The first-order valence-electron chi connectivity index (χ1n) is 9.00. The highest BCUT2D eigenvalue weighted by molar-refractivity contribution is 5.79. The molecule has 1 atom stereocenters. The molecule has 1 aliphatic heterocycles. The maximum atomic E-state index is 6.11. The van der Waals surface area contributed by atoms with Gasteiger partial charge in [0.05, 0.1) is 12.7 Å². The van der Waals surface area contributed by atoms with Gasteiger partial charge in [-0.25, -0.2) is 0 Å². The van der Waals surface area contributed by atoms with E-state index in [0.29, 0.717) is 12.0 Å². The van der Waals surface area contributed by atoms with Crippen LogP contribution < -0.4 is 10.1 Å². The van der Waals surface area contributed by atoms with Gasteiger partial charge in [0.2, 0.25) is 0 Å². The first-order chi connectivity index (χ1) is 11.8. The quantitative estimate of drug-likeness (QED) is 0.643. The number of para-hydroxylation sites is 1. The van der Waals surface area contributed by atoms with Crippen molar-refractivity contribution in [3.05, 3.63) is 29.8 Å². The van der Waals surface area contributed by atoms with Crippen LogP contribution >= 0.6 is 0 Å². The minimum Gasteiger partial charge on any atom is -0.490 e. The number of nitrogens with one attached hydrogen (secondary N) is 1. The standard InChI is InChI=1S/C19H29N3O2/c1-20-19(22(2)13-15-10-11-23-14-15)21-12-16-6-3-4-9-18(16)24-17-7-5-8-17/h3-4,6,9,15,17H,5,7-8,10-14H2,1-2H3,(H,20,21). The number of hydrogen-bond acceptors (Lipinski definition) is 3. The molecule has 0 spiro atoms. The van der Waals surface area contributed by atoms with Crippen LogP contribution in [0, 0.1) is 5.92 Å². The maximum absolute atomic E-state index is 6.11. The van der Waals surface area contributed by atoms with E-state index in [9.17, 15) is 0 Å². The number of aliphatic imine (C=N–C) groups is 1. The SMILES string of the molecule is CN=C(NCc1ccccc1OC1CCC1)N(C)CC1CCOC1. The van der Waals surface area contributed by atoms with Crippen molar-refractivity contribution in [1.82, 2.24) is 10.2 Å². The zero-order valence-electron chi connectivity index (χ0n) is 14.8. The fraction of sp³-hybridized carbons (Fsp3) is 0.632. The molecule has 5 heteroatoms. The normalized spacial score (nSPS) is 21.4. The number of nitrogens with zero attached hydrogens (tertiary/aromatic N) is 2. The summed E-state index contributed by atoms with van der Waals surface area (Å²) in [6, 6.07) is 8.29. The van der Waals surface area contributed by atoms with E-state index in [2.05, 4.69) is 40.5 Å². The fourth-order valence-corrected chi connectivity index (χ4v) is 3.19. The summed E-state index contributed by atoms with van der Waals surface area (Å²) in [5, 5.41) is 3.46. The van der Waals surface area contributed by atoms with Gasteiger partial charge in [0.15, 0.2) is 5.96 Å². The van der Waals surface area contributed by atoms with E-state index < -0.39 is 0 Å². The zero-order chi connectivity index (χ0) is 16.8. The first kappa shape index (κ1) is 17.1. The molecule has 0 amide bonds. The monoisotopic (exact) mass is 331 g/mol. The number of rotatable bonds is 6. The third kappa shape index (κ3) is 4.41. The second-order valence-electron chi connectivity index (χ2n) is 6.79. The second kappa shape index (κ2) is 8.38. The van der Waals surface area contributed by atoms with Gasteiger partial charge in [0.25, 0.3) is 0 Å². The summed E-state index contributed by atoms with van der Waals surface area (Å²) < 4.78 is 11.6. The van der Waals surface area contributed by atoms with Gasteiger partial charge in [-0.2, -0.15) is 0 Å². The van der Waals surface area contributed by atoms with Crippen molar-refractivity contribution in [3.63, 3.8) is 0 Å².